The number of rotatable bonds is 1. The van der Waals surface area contributed by atoms with Crippen LogP contribution < -0.4 is 0 Å². The molecule has 2 nitrogen and oxygen atoms in total. The maximum absolute atomic E-state index is 9.63. The minimum atomic E-state index is -0.115. The maximum atomic E-state index is 9.63. The van der Waals surface area contributed by atoms with E-state index in [1.54, 1.807) is 12.1 Å². The Bertz CT molecular complexity index is 541. The van der Waals surface area contributed by atoms with E-state index in [4.69, 9.17) is 0 Å². The summed E-state index contributed by atoms with van der Waals surface area (Å²) in [5.41, 5.74) is 1.52. The van der Waals surface area contributed by atoms with Gasteiger partial charge in [0.1, 0.15) is 11.5 Å². The van der Waals surface area contributed by atoms with Gasteiger partial charge in [-0.3, -0.25) is 0 Å². The lowest BCUT2D eigenvalue weighted by Crippen LogP contribution is -1.84. The van der Waals surface area contributed by atoms with E-state index in [2.05, 4.69) is 6.58 Å². The van der Waals surface area contributed by atoms with Crippen LogP contribution in [0.3, 0.4) is 0 Å². The minimum Gasteiger partial charge on any atom is -0.508 e. The van der Waals surface area contributed by atoms with Crippen molar-refractivity contribution < 1.29 is 10.2 Å². The lowest BCUT2D eigenvalue weighted by Gasteiger charge is -2.06. The average molecular weight is 200 g/mol. The Hall–Kier alpha value is -1.96. The Morgan fingerprint density at radius 2 is 1.87 bits per heavy atom. The van der Waals surface area contributed by atoms with Gasteiger partial charge in [0.05, 0.1) is 5.56 Å². The van der Waals surface area contributed by atoms with Crippen LogP contribution in [-0.2, 0) is 0 Å². The van der Waals surface area contributed by atoms with Crippen LogP contribution in [-0.4, -0.2) is 10.2 Å². The number of aryl methyl sites for hydroxylation is 1. The topological polar surface area (TPSA) is 40.5 Å². The van der Waals surface area contributed by atoms with Gasteiger partial charge < -0.3 is 10.2 Å². The third kappa shape index (κ3) is 1.66. The predicted octanol–water partition coefficient (Wildman–Crippen LogP) is 3.38. The summed E-state index contributed by atoms with van der Waals surface area (Å²) >= 11 is 0. The first-order valence-corrected chi connectivity index (χ1v) is 4.69. The van der Waals surface area contributed by atoms with Gasteiger partial charge in [0.2, 0.25) is 0 Å². The van der Waals surface area contributed by atoms with Crippen LogP contribution in [0.1, 0.15) is 11.1 Å². The molecule has 0 fully saturated rings. The van der Waals surface area contributed by atoms with E-state index in [-0.39, 0.29) is 11.5 Å². The molecule has 0 amide bonds. The van der Waals surface area contributed by atoms with Crippen molar-refractivity contribution in [1.29, 1.82) is 0 Å². The molecule has 15 heavy (non-hydrogen) atoms. The highest BCUT2D eigenvalue weighted by Gasteiger charge is 2.06. The second-order valence-corrected chi connectivity index (χ2v) is 3.67. The van der Waals surface area contributed by atoms with Crippen molar-refractivity contribution in [2.24, 2.45) is 0 Å². The molecule has 0 aliphatic heterocycles. The highest BCUT2D eigenvalue weighted by molar-refractivity contribution is 5.88. The molecule has 0 atom stereocenters. The van der Waals surface area contributed by atoms with Gasteiger partial charge in [0, 0.05) is 0 Å². The number of aromatic hydroxyl groups is 1. The van der Waals surface area contributed by atoms with E-state index in [1.807, 2.05) is 25.1 Å². The molecule has 0 saturated carbocycles. The summed E-state index contributed by atoms with van der Waals surface area (Å²) < 4.78 is 0. The summed E-state index contributed by atoms with van der Waals surface area (Å²) in [6, 6.07) is 9.29. The minimum absolute atomic E-state index is 0.0545. The van der Waals surface area contributed by atoms with Gasteiger partial charge in [-0.2, -0.15) is 0 Å². The Morgan fingerprint density at radius 1 is 1.13 bits per heavy atom. The van der Waals surface area contributed by atoms with Crippen LogP contribution in [0, 0.1) is 6.92 Å². The van der Waals surface area contributed by atoms with Gasteiger partial charge in [-0.05, 0) is 29.8 Å². The summed E-state index contributed by atoms with van der Waals surface area (Å²) in [5.74, 6) is -0.0604. The summed E-state index contributed by atoms with van der Waals surface area (Å²) in [6.45, 7) is 5.41. The van der Waals surface area contributed by atoms with E-state index in [0.717, 1.165) is 16.3 Å². The fourth-order valence-corrected chi connectivity index (χ4v) is 1.64. The lowest BCUT2D eigenvalue weighted by molar-refractivity contribution is 0.462. The molecule has 0 aliphatic carbocycles. The smallest absolute Gasteiger partial charge is 0.127 e. The molecule has 2 aromatic rings. The average Bonchev–Trinajstić information content (AvgIpc) is 2.17. The molecule has 2 rings (SSSR count). The molecular weight excluding hydrogens is 188 g/mol. The summed E-state index contributed by atoms with van der Waals surface area (Å²) in [4.78, 5) is 0. The Balaban J connectivity index is 2.77. The van der Waals surface area contributed by atoms with Crippen LogP contribution in [0.2, 0.25) is 0 Å². The molecule has 2 N–H and O–H groups in total. The van der Waals surface area contributed by atoms with Crippen molar-refractivity contribution >= 4 is 16.5 Å². The van der Waals surface area contributed by atoms with E-state index in [0.29, 0.717) is 5.56 Å². The Morgan fingerprint density at radius 3 is 2.53 bits per heavy atom. The normalized spacial score (nSPS) is 10.5. The van der Waals surface area contributed by atoms with Gasteiger partial charge in [-0.15, -0.1) is 0 Å². The summed E-state index contributed by atoms with van der Waals surface area (Å²) in [6.07, 6.45) is 0. The van der Waals surface area contributed by atoms with Crippen molar-refractivity contribution in [3.8, 4) is 5.75 Å². The zero-order valence-electron chi connectivity index (χ0n) is 8.49. The van der Waals surface area contributed by atoms with Crippen LogP contribution in [0.4, 0.5) is 0 Å². The van der Waals surface area contributed by atoms with E-state index < -0.39 is 0 Å². The zero-order chi connectivity index (χ0) is 11.0. The highest BCUT2D eigenvalue weighted by Crippen LogP contribution is 2.28. The van der Waals surface area contributed by atoms with E-state index in [1.165, 1.54) is 0 Å². The molecule has 0 radical (unpaired) electrons. The third-order valence-corrected chi connectivity index (χ3v) is 2.42. The number of fused-ring (bicyclic) bond motifs is 1. The molecule has 2 aromatic carbocycles. The molecular formula is C13H12O2. The molecule has 0 heterocycles. The number of hydrogen-bond donors (Lipinski definition) is 2. The molecule has 0 aliphatic rings. The van der Waals surface area contributed by atoms with E-state index in [9.17, 15) is 10.2 Å². The molecule has 2 heteroatoms. The SMILES string of the molecule is C=C(O)c1cc2cc(C)ccc2cc1O. The number of aliphatic hydroxyl groups is 1. The number of hydrogen-bond acceptors (Lipinski definition) is 2. The van der Waals surface area contributed by atoms with Crippen LogP contribution in [0.5, 0.6) is 5.75 Å². The molecule has 0 saturated heterocycles. The zero-order valence-corrected chi connectivity index (χ0v) is 8.49. The van der Waals surface area contributed by atoms with Crippen LogP contribution >= 0.6 is 0 Å². The second-order valence-electron chi connectivity index (χ2n) is 3.67. The number of benzene rings is 2. The summed E-state index contributed by atoms with van der Waals surface area (Å²) in [5, 5.41) is 20.8. The molecule has 0 spiro atoms. The van der Waals surface area contributed by atoms with Gasteiger partial charge in [-0.1, -0.05) is 30.3 Å². The molecule has 0 aromatic heterocycles. The highest BCUT2D eigenvalue weighted by atomic mass is 16.3. The van der Waals surface area contributed by atoms with Crippen molar-refractivity contribution in [2.75, 3.05) is 0 Å². The molecule has 0 unspecified atom stereocenters. The first kappa shape index (κ1) is 9.59. The van der Waals surface area contributed by atoms with Crippen LogP contribution in [0.25, 0.3) is 16.5 Å². The number of aliphatic hydroxyl groups excluding tert-OH is 1. The first-order chi connectivity index (χ1) is 7.08. The van der Waals surface area contributed by atoms with Gasteiger partial charge in [0.25, 0.3) is 0 Å². The largest absolute Gasteiger partial charge is 0.508 e. The number of phenolic OH excluding ortho intramolecular Hbond substituents is 1. The van der Waals surface area contributed by atoms with Crippen molar-refractivity contribution in [1.82, 2.24) is 0 Å². The molecule has 76 valence electrons. The second kappa shape index (κ2) is 3.31. The quantitative estimate of drug-likeness (QED) is 0.693. The lowest BCUT2D eigenvalue weighted by atomic mass is 10.0. The fourth-order valence-electron chi connectivity index (χ4n) is 1.64. The molecule has 0 bridgehead atoms. The van der Waals surface area contributed by atoms with Gasteiger partial charge in [0.15, 0.2) is 0 Å². The monoisotopic (exact) mass is 200 g/mol. The van der Waals surface area contributed by atoms with E-state index >= 15 is 0 Å². The third-order valence-electron chi connectivity index (χ3n) is 2.42. The number of phenols is 1. The van der Waals surface area contributed by atoms with Crippen molar-refractivity contribution in [3.05, 3.63) is 48.0 Å². The Kier molecular flexibility index (Phi) is 2.12. The van der Waals surface area contributed by atoms with Gasteiger partial charge >= 0.3 is 0 Å². The van der Waals surface area contributed by atoms with Crippen molar-refractivity contribution in [2.45, 2.75) is 6.92 Å². The van der Waals surface area contributed by atoms with Gasteiger partial charge in [-0.25, -0.2) is 0 Å². The fraction of sp³-hybridized carbons (Fsp3) is 0.0769. The van der Waals surface area contributed by atoms with Crippen LogP contribution in [0.15, 0.2) is 36.9 Å². The maximum Gasteiger partial charge on any atom is 0.127 e. The summed E-state index contributed by atoms with van der Waals surface area (Å²) in [7, 11) is 0. The first-order valence-electron chi connectivity index (χ1n) is 4.69. The predicted molar refractivity (Wildman–Crippen MR) is 62.0 cm³/mol. The standard InChI is InChI=1S/C13H12O2/c1-8-3-4-10-7-13(15)12(9(2)14)6-11(10)5-8/h3-7,14-15H,2H2,1H3. The Labute approximate surface area is 88.1 Å². The van der Waals surface area contributed by atoms with Crippen molar-refractivity contribution in [3.63, 3.8) is 0 Å².